The minimum absolute atomic E-state index is 0. The summed E-state index contributed by atoms with van der Waals surface area (Å²) in [6, 6.07) is 6.28. The molecule has 1 aromatic heterocycles. The predicted octanol–water partition coefficient (Wildman–Crippen LogP) is 4.99. The van der Waals surface area contributed by atoms with E-state index in [1.54, 1.807) is 12.1 Å². The quantitative estimate of drug-likeness (QED) is 0.532. The minimum Gasteiger partial charge on any atom is -0.435 e. The first-order valence-electron chi connectivity index (χ1n) is 8.52. The number of ether oxygens (including phenoxy) is 1. The number of nitrogens with one attached hydrogen (secondary N) is 1. The molecule has 1 heterocycles. The van der Waals surface area contributed by atoms with Gasteiger partial charge in [-0.15, -0.1) is 23.7 Å². The van der Waals surface area contributed by atoms with Crippen LogP contribution in [0.4, 0.5) is 13.9 Å². The van der Waals surface area contributed by atoms with Crippen LogP contribution in [0.1, 0.15) is 37.0 Å². The van der Waals surface area contributed by atoms with Crippen LogP contribution in [0.15, 0.2) is 24.3 Å². The average molecular weight is 420 g/mol. The zero-order chi connectivity index (χ0) is 18.9. The van der Waals surface area contributed by atoms with Gasteiger partial charge in [0.2, 0.25) is 5.91 Å². The van der Waals surface area contributed by atoms with Crippen LogP contribution in [0.5, 0.6) is 5.75 Å². The Morgan fingerprint density at radius 3 is 2.52 bits per heavy atom. The number of anilines is 1. The van der Waals surface area contributed by atoms with Crippen LogP contribution in [-0.2, 0) is 4.79 Å². The first-order chi connectivity index (χ1) is 12.5. The molecule has 0 spiro atoms. The van der Waals surface area contributed by atoms with E-state index in [4.69, 9.17) is 5.73 Å². The second kappa shape index (κ2) is 11.8. The van der Waals surface area contributed by atoms with E-state index in [0.717, 1.165) is 41.8 Å². The Hall–Kier alpha value is -1.77. The van der Waals surface area contributed by atoms with Gasteiger partial charge in [-0.05, 0) is 50.6 Å². The van der Waals surface area contributed by atoms with Crippen molar-refractivity contribution < 1.29 is 18.3 Å². The van der Waals surface area contributed by atoms with Crippen molar-refractivity contribution >= 4 is 34.8 Å². The average Bonchev–Trinajstić information content (AvgIpc) is 2.95. The van der Waals surface area contributed by atoms with Crippen molar-refractivity contribution in [2.75, 3.05) is 11.9 Å². The van der Waals surface area contributed by atoms with Crippen LogP contribution in [0.25, 0.3) is 11.3 Å². The number of aromatic nitrogens is 1. The van der Waals surface area contributed by atoms with E-state index in [1.165, 1.54) is 23.5 Å². The standard InChI is InChI=1S/C18H23F2N3O2S.ClH/c1-12-16(13-7-9-14(10-8-13)25-17(19)20)23-18(26-12)22-15(24)6-4-2-3-5-11-21;/h7-10,17H,2-6,11,21H2,1H3,(H,22,23,24);1H. The number of carbonyl (C=O) groups is 1. The van der Waals surface area contributed by atoms with E-state index in [1.807, 2.05) is 6.92 Å². The van der Waals surface area contributed by atoms with Crippen LogP contribution in [0.3, 0.4) is 0 Å². The highest BCUT2D eigenvalue weighted by Crippen LogP contribution is 2.31. The molecule has 27 heavy (non-hydrogen) atoms. The lowest BCUT2D eigenvalue weighted by atomic mass is 10.1. The lowest BCUT2D eigenvalue weighted by Crippen LogP contribution is -2.10. The summed E-state index contributed by atoms with van der Waals surface area (Å²) in [6.45, 7) is -0.263. The Labute approximate surface area is 167 Å². The monoisotopic (exact) mass is 419 g/mol. The molecule has 3 N–H and O–H groups in total. The fourth-order valence-electron chi connectivity index (χ4n) is 2.48. The fraction of sp³-hybridized carbons (Fsp3) is 0.444. The van der Waals surface area contributed by atoms with E-state index in [-0.39, 0.29) is 24.1 Å². The van der Waals surface area contributed by atoms with Crippen molar-refractivity contribution in [2.24, 2.45) is 5.73 Å². The summed E-state index contributed by atoms with van der Waals surface area (Å²) in [4.78, 5) is 17.4. The molecule has 1 aromatic carbocycles. The molecule has 0 unspecified atom stereocenters. The number of alkyl halides is 2. The summed E-state index contributed by atoms with van der Waals surface area (Å²) in [5.41, 5.74) is 6.94. The van der Waals surface area contributed by atoms with E-state index in [0.29, 0.717) is 18.1 Å². The second-order valence-electron chi connectivity index (χ2n) is 5.83. The molecule has 0 aliphatic carbocycles. The third-order valence-corrected chi connectivity index (χ3v) is 4.64. The number of amides is 1. The molecule has 150 valence electrons. The molecule has 0 bridgehead atoms. The summed E-state index contributed by atoms with van der Waals surface area (Å²) in [5, 5.41) is 3.36. The summed E-state index contributed by atoms with van der Waals surface area (Å²) in [6.07, 6.45) is 4.29. The van der Waals surface area contributed by atoms with Gasteiger partial charge in [-0.1, -0.05) is 12.8 Å². The Morgan fingerprint density at radius 2 is 1.89 bits per heavy atom. The van der Waals surface area contributed by atoms with Gasteiger partial charge in [0.05, 0.1) is 5.69 Å². The molecule has 9 heteroatoms. The zero-order valence-corrected chi connectivity index (χ0v) is 16.7. The highest BCUT2D eigenvalue weighted by atomic mass is 35.5. The van der Waals surface area contributed by atoms with Gasteiger partial charge in [0.25, 0.3) is 0 Å². The van der Waals surface area contributed by atoms with Crippen LogP contribution in [0, 0.1) is 6.92 Å². The number of halogens is 3. The topological polar surface area (TPSA) is 77.2 Å². The van der Waals surface area contributed by atoms with Crippen molar-refractivity contribution in [1.29, 1.82) is 0 Å². The molecule has 0 aliphatic heterocycles. The molecule has 0 saturated carbocycles. The molecular formula is C18H24ClF2N3O2S. The zero-order valence-electron chi connectivity index (χ0n) is 15.0. The van der Waals surface area contributed by atoms with Crippen LogP contribution >= 0.6 is 23.7 Å². The van der Waals surface area contributed by atoms with Crippen molar-refractivity contribution in [2.45, 2.75) is 45.6 Å². The Morgan fingerprint density at radius 1 is 1.22 bits per heavy atom. The Kier molecular flexibility index (Phi) is 10.2. The van der Waals surface area contributed by atoms with Crippen molar-refractivity contribution in [3.05, 3.63) is 29.1 Å². The maximum atomic E-state index is 12.2. The number of carbonyl (C=O) groups excluding carboxylic acids is 1. The second-order valence-corrected chi connectivity index (χ2v) is 7.03. The van der Waals surface area contributed by atoms with Crippen molar-refractivity contribution in [3.63, 3.8) is 0 Å². The third kappa shape index (κ3) is 7.78. The molecule has 1 amide bonds. The van der Waals surface area contributed by atoms with Crippen molar-refractivity contribution in [3.8, 4) is 17.0 Å². The maximum absolute atomic E-state index is 12.2. The number of rotatable bonds is 10. The summed E-state index contributed by atoms with van der Waals surface area (Å²) in [5.74, 6) is 0.0403. The van der Waals surface area contributed by atoms with Gasteiger partial charge in [-0.2, -0.15) is 8.78 Å². The lowest BCUT2D eigenvalue weighted by molar-refractivity contribution is -0.116. The number of aryl methyl sites for hydroxylation is 1. The fourth-order valence-corrected chi connectivity index (χ4v) is 3.33. The van der Waals surface area contributed by atoms with Gasteiger partial charge in [0.1, 0.15) is 5.75 Å². The van der Waals surface area contributed by atoms with E-state index < -0.39 is 6.61 Å². The molecule has 0 radical (unpaired) electrons. The Bertz CT molecular complexity index is 711. The molecule has 0 fully saturated rings. The van der Waals surface area contributed by atoms with Gasteiger partial charge < -0.3 is 15.8 Å². The number of thiazole rings is 1. The summed E-state index contributed by atoms with van der Waals surface area (Å²) in [7, 11) is 0. The van der Waals surface area contributed by atoms with Crippen LogP contribution in [0.2, 0.25) is 0 Å². The third-order valence-electron chi connectivity index (χ3n) is 3.75. The predicted molar refractivity (Wildman–Crippen MR) is 107 cm³/mol. The molecule has 0 atom stereocenters. The molecule has 2 aromatic rings. The van der Waals surface area contributed by atoms with Gasteiger partial charge in [0, 0.05) is 16.9 Å². The van der Waals surface area contributed by atoms with Crippen LogP contribution < -0.4 is 15.8 Å². The van der Waals surface area contributed by atoms with Crippen molar-refractivity contribution in [1.82, 2.24) is 4.98 Å². The largest absolute Gasteiger partial charge is 0.435 e. The van der Waals surface area contributed by atoms with Gasteiger partial charge in [-0.3, -0.25) is 4.79 Å². The molecule has 0 saturated heterocycles. The number of benzene rings is 1. The first kappa shape index (κ1) is 23.3. The molecule has 2 rings (SSSR count). The molecule has 0 aliphatic rings. The number of hydrogen-bond donors (Lipinski definition) is 2. The van der Waals surface area contributed by atoms with Gasteiger partial charge >= 0.3 is 6.61 Å². The minimum atomic E-state index is -2.85. The SMILES string of the molecule is Cc1sc(NC(=O)CCCCCCN)nc1-c1ccc(OC(F)F)cc1.Cl. The Balaban J connectivity index is 0.00000364. The number of nitrogens with zero attached hydrogens (tertiary/aromatic N) is 1. The maximum Gasteiger partial charge on any atom is 0.387 e. The van der Waals surface area contributed by atoms with Gasteiger partial charge in [0.15, 0.2) is 5.13 Å². The number of nitrogens with two attached hydrogens (primary N) is 1. The number of unbranched alkanes of at least 4 members (excludes halogenated alkanes) is 3. The van der Waals surface area contributed by atoms with Crippen LogP contribution in [-0.4, -0.2) is 24.0 Å². The smallest absolute Gasteiger partial charge is 0.387 e. The summed E-state index contributed by atoms with van der Waals surface area (Å²) < 4.78 is 28.7. The lowest BCUT2D eigenvalue weighted by Gasteiger charge is -2.05. The van der Waals surface area contributed by atoms with E-state index >= 15 is 0 Å². The highest BCUT2D eigenvalue weighted by molar-refractivity contribution is 7.16. The van der Waals surface area contributed by atoms with E-state index in [9.17, 15) is 13.6 Å². The summed E-state index contributed by atoms with van der Waals surface area (Å²) >= 11 is 1.39. The normalized spacial score (nSPS) is 10.6. The highest BCUT2D eigenvalue weighted by Gasteiger charge is 2.13. The van der Waals surface area contributed by atoms with E-state index in [2.05, 4.69) is 15.0 Å². The van der Waals surface area contributed by atoms with Gasteiger partial charge in [-0.25, -0.2) is 4.98 Å². The number of hydrogen-bond acceptors (Lipinski definition) is 5. The molecular weight excluding hydrogens is 396 g/mol. The first-order valence-corrected chi connectivity index (χ1v) is 9.34. The molecule has 5 nitrogen and oxygen atoms in total.